The van der Waals surface area contributed by atoms with Gasteiger partial charge in [-0.25, -0.2) is 0 Å². The fraction of sp³-hybridized carbons (Fsp3) is 0.667. The van der Waals surface area contributed by atoms with Gasteiger partial charge in [0.05, 0.1) is 13.2 Å². The molecule has 0 radical (unpaired) electrons. The van der Waals surface area contributed by atoms with E-state index in [9.17, 15) is 5.11 Å². The average Bonchev–Trinajstić information content (AvgIpc) is 2.76. The van der Waals surface area contributed by atoms with Crippen molar-refractivity contribution in [2.45, 2.75) is 64.1 Å². The Balaban J connectivity index is 1.78. The molecule has 0 aliphatic heterocycles. The van der Waals surface area contributed by atoms with E-state index in [1.165, 1.54) is 25.7 Å². The van der Waals surface area contributed by atoms with Crippen LogP contribution >= 0.6 is 0 Å². The van der Waals surface area contributed by atoms with Crippen LogP contribution in [0.1, 0.15) is 50.5 Å². The van der Waals surface area contributed by atoms with Crippen molar-refractivity contribution in [3.63, 3.8) is 0 Å². The van der Waals surface area contributed by atoms with Crippen LogP contribution < -0.4 is 9.47 Å². The summed E-state index contributed by atoms with van der Waals surface area (Å²) in [5.74, 6) is 1.60. The Morgan fingerprint density at radius 2 is 1.81 bits per heavy atom. The van der Waals surface area contributed by atoms with Gasteiger partial charge in [-0.1, -0.05) is 31.7 Å². The third-order valence-electron chi connectivity index (χ3n) is 5.37. The predicted octanol–water partition coefficient (Wildman–Crippen LogP) is 3.86. The van der Waals surface area contributed by atoms with E-state index in [1.54, 1.807) is 7.11 Å². The maximum Gasteiger partial charge on any atom is 0.161 e. The van der Waals surface area contributed by atoms with Crippen LogP contribution in [0.15, 0.2) is 18.2 Å². The summed E-state index contributed by atoms with van der Waals surface area (Å²) >= 11 is 0. The molecule has 21 heavy (non-hydrogen) atoms. The Kier molecular flexibility index (Phi) is 4.12. The minimum absolute atomic E-state index is 0.0214. The number of methoxy groups -OCH3 is 1. The summed E-state index contributed by atoms with van der Waals surface area (Å²) in [4.78, 5) is 0. The normalized spacial score (nSPS) is 27.8. The van der Waals surface area contributed by atoms with Crippen LogP contribution in [0.4, 0.5) is 0 Å². The van der Waals surface area contributed by atoms with Gasteiger partial charge in [-0.05, 0) is 37.5 Å². The van der Waals surface area contributed by atoms with E-state index in [0.29, 0.717) is 0 Å². The fourth-order valence-corrected chi connectivity index (χ4v) is 3.96. The molecule has 1 N–H and O–H groups in total. The number of aryl methyl sites for hydroxylation is 1. The number of aliphatic hydroxyl groups excluding tert-OH is 1. The molecule has 0 aromatic heterocycles. The van der Waals surface area contributed by atoms with Crippen LogP contribution in [0.5, 0.6) is 11.5 Å². The molecule has 2 unspecified atom stereocenters. The van der Waals surface area contributed by atoms with Gasteiger partial charge in [0.2, 0.25) is 0 Å². The molecule has 2 fully saturated rings. The predicted molar refractivity (Wildman–Crippen MR) is 82.9 cm³/mol. The number of rotatable bonds is 3. The van der Waals surface area contributed by atoms with Crippen molar-refractivity contribution in [2.75, 3.05) is 7.11 Å². The van der Waals surface area contributed by atoms with Gasteiger partial charge in [-0.15, -0.1) is 0 Å². The summed E-state index contributed by atoms with van der Waals surface area (Å²) in [6.07, 6.45) is 7.85. The second-order valence-corrected chi connectivity index (χ2v) is 6.66. The molecule has 0 bridgehead atoms. The van der Waals surface area contributed by atoms with Crippen molar-refractivity contribution in [2.24, 2.45) is 5.41 Å². The number of benzene rings is 1. The highest BCUT2D eigenvalue weighted by Crippen LogP contribution is 2.53. The molecule has 3 nitrogen and oxygen atoms in total. The smallest absolute Gasteiger partial charge is 0.161 e. The minimum atomic E-state index is -0.197. The van der Waals surface area contributed by atoms with Crippen molar-refractivity contribution >= 4 is 0 Å². The van der Waals surface area contributed by atoms with E-state index >= 15 is 0 Å². The molecule has 1 aromatic carbocycles. The molecule has 2 saturated carbocycles. The maximum absolute atomic E-state index is 10.4. The molecule has 1 spiro atoms. The van der Waals surface area contributed by atoms with E-state index in [2.05, 4.69) is 0 Å². The highest BCUT2D eigenvalue weighted by atomic mass is 16.5. The van der Waals surface area contributed by atoms with E-state index in [4.69, 9.17) is 9.47 Å². The Labute approximate surface area is 127 Å². The number of ether oxygens (including phenoxy) is 2. The average molecular weight is 290 g/mol. The third-order valence-corrected chi connectivity index (χ3v) is 5.37. The second kappa shape index (κ2) is 5.88. The summed E-state index contributed by atoms with van der Waals surface area (Å²) in [6, 6.07) is 6.04. The summed E-state index contributed by atoms with van der Waals surface area (Å²) in [5, 5.41) is 10.4. The van der Waals surface area contributed by atoms with Gasteiger partial charge in [0.1, 0.15) is 6.10 Å². The van der Waals surface area contributed by atoms with Gasteiger partial charge in [-0.3, -0.25) is 0 Å². The molecule has 2 aliphatic carbocycles. The second-order valence-electron chi connectivity index (χ2n) is 6.66. The number of hydrogen-bond acceptors (Lipinski definition) is 3. The van der Waals surface area contributed by atoms with E-state index in [0.717, 1.165) is 36.3 Å². The first-order valence-corrected chi connectivity index (χ1v) is 8.15. The molecule has 0 amide bonds. The Bertz CT molecular complexity index is 489. The first-order valence-electron chi connectivity index (χ1n) is 8.15. The zero-order valence-electron chi connectivity index (χ0n) is 13.1. The Morgan fingerprint density at radius 3 is 2.43 bits per heavy atom. The molecule has 3 heteroatoms. The molecule has 1 aromatic rings. The van der Waals surface area contributed by atoms with E-state index in [1.807, 2.05) is 25.1 Å². The van der Waals surface area contributed by atoms with Gasteiger partial charge in [0.15, 0.2) is 11.5 Å². The molecule has 0 saturated heterocycles. The van der Waals surface area contributed by atoms with Crippen LogP contribution in [0.25, 0.3) is 0 Å². The molecule has 2 atom stereocenters. The summed E-state index contributed by atoms with van der Waals surface area (Å²) in [6.45, 7) is 2.05. The maximum atomic E-state index is 10.4. The third kappa shape index (κ3) is 2.64. The zero-order chi connectivity index (χ0) is 14.9. The summed E-state index contributed by atoms with van der Waals surface area (Å²) in [5.41, 5.74) is 1.14. The zero-order valence-corrected chi connectivity index (χ0v) is 13.1. The topological polar surface area (TPSA) is 38.7 Å². The Morgan fingerprint density at radius 1 is 1.10 bits per heavy atom. The highest BCUT2D eigenvalue weighted by molar-refractivity contribution is 5.43. The van der Waals surface area contributed by atoms with Crippen LogP contribution in [0.3, 0.4) is 0 Å². The monoisotopic (exact) mass is 290 g/mol. The lowest BCUT2D eigenvalue weighted by atomic mass is 9.59. The Hall–Kier alpha value is -1.22. The molecular weight excluding hydrogens is 264 g/mol. The van der Waals surface area contributed by atoms with Gasteiger partial charge in [-0.2, -0.15) is 0 Å². The molecule has 116 valence electrons. The van der Waals surface area contributed by atoms with Crippen molar-refractivity contribution in [3.05, 3.63) is 23.8 Å². The van der Waals surface area contributed by atoms with Crippen molar-refractivity contribution in [1.29, 1.82) is 0 Å². The van der Waals surface area contributed by atoms with E-state index in [-0.39, 0.29) is 17.6 Å². The first-order chi connectivity index (χ1) is 10.2. The van der Waals surface area contributed by atoms with E-state index < -0.39 is 0 Å². The highest BCUT2D eigenvalue weighted by Gasteiger charge is 2.55. The van der Waals surface area contributed by atoms with Crippen LogP contribution in [0.2, 0.25) is 0 Å². The quantitative estimate of drug-likeness (QED) is 0.918. The standard InChI is InChI=1S/C18H26O3/c1-13-7-8-14(15(11-13)20-2)21-17-12-16(19)18(17)9-5-3-4-6-10-18/h7-8,11,16-17,19H,3-6,9-10,12H2,1-2H3. The summed E-state index contributed by atoms with van der Waals surface area (Å²) < 4.78 is 11.7. The number of hydrogen-bond donors (Lipinski definition) is 1. The molecule has 2 aliphatic rings. The largest absolute Gasteiger partial charge is 0.493 e. The molecule has 0 heterocycles. The lowest BCUT2D eigenvalue weighted by Crippen LogP contribution is -2.59. The van der Waals surface area contributed by atoms with Gasteiger partial charge < -0.3 is 14.6 Å². The van der Waals surface area contributed by atoms with Crippen molar-refractivity contribution in [3.8, 4) is 11.5 Å². The van der Waals surface area contributed by atoms with Crippen LogP contribution in [0, 0.1) is 12.3 Å². The van der Waals surface area contributed by atoms with Crippen molar-refractivity contribution < 1.29 is 14.6 Å². The lowest BCUT2D eigenvalue weighted by molar-refractivity contribution is -0.163. The summed E-state index contributed by atoms with van der Waals surface area (Å²) in [7, 11) is 1.68. The molecular formula is C18H26O3. The first kappa shape index (κ1) is 14.7. The SMILES string of the molecule is COc1cc(C)ccc1OC1CC(O)C12CCCCCC2. The minimum Gasteiger partial charge on any atom is -0.493 e. The fourth-order valence-electron chi connectivity index (χ4n) is 3.96. The van der Waals surface area contributed by atoms with Crippen molar-refractivity contribution in [1.82, 2.24) is 0 Å². The van der Waals surface area contributed by atoms with Gasteiger partial charge in [0.25, 0.3) is 0 Å². The van der Waals surface area contributed by atoms with Crippen LogP contribution in [-0.4, -0.2) is 24.4 Å². The lowest BCUT2D eigenvalue weighted by Gasteiger charge is -2.53. The van der Waals surface area contributed by atoms with Crippen LogP contribution in [-0.2, 0) is 0 Å². The van der Waals surface area contributed by atoms with Gasteiger partial charge in [0, 0.05) is 11.8 Å². The van der Waals surface area contributed by atoms with Gasteiger partial charge >= 0.3 is 0 Å². The number of aliphatic hydroxyl groups is 1. The molecule has 3 rings (SSSR count).